The second-order valence-electron chi connectivity index (χ2n) is 3.96. The fourth-order valence-electron chi connectivity index (χ4n) is 1.47. The molecule has 2 aromatic carbocycles. The maximum atomic E-state index is 11.1. The predicted molar refractivity (Wildman–Crippen MR) is 81.5 cm³/mol. The van der Waals surface area contributed by atoms with Crippen LogP contribution in [0.2, 0.25) is 10.0 Å². The van der Waals surface area contributed by atoms with E-state index in [2.05, 4.69) is 4.99 Å². The summed E-state index contributed by atoms with van der Waals surface area (Å²) in [6.45, 7) is 0. The van der Waals surface area contributed by atoms with Gasteiger partial charge in [0.2, 0.25) is 10.0 Å². The molecule has 0 heterocycles. The lowest BCUT2D eigenvalue weighted by Gasteiger charge is -2.00. The van der Waals surface area contributed by atoms with Crippen LogP contribution in [0.5, 0.6) is 0 Å². The fourth-order valence-corrected chi connectivity index (χ4v) is 2.44. The average Bonchev–Trinajstić information content (AvgIpc) is 2.37. The number of hydrogen-bond acceptors (Lipinski definition) is 3. The van der Waals surface area contributed by atoms with Crippen molar-refractivity contribution >= 4 is 45.1 Å². The van der Waals surface area contributed by atoms with Crippen LogP contribution >= 0.6 is 23.2 Å². The van der Waals surface area contributed by atoms with Crippen molar-refractivity contribution in [2.75, 3.05) is 0 Å². The Morgan fingerprint density at radius 1 is 1.05 bits per heavy atom. The summed E-state index contributed by atoms with van der Waals surface area (Å²) in [5.74, 6) is 0. The van der Waals surface area contributed by atoms with Crippen molar-refractivity contribution in [2.45, 2.75) is 4.90 Å². The van der Waals surface area contributed by atoms with E-state index in [-0.39, 0.29) is 4.90 Å². The van der Waals surface area contributed by atoms with Crippen LogP contribution in [-0.4, -0.2) is 14.6 Å². The van der Waals surface area contributed by atoms with E-state index in [0.717, 1.165) is 0 Å². The molecule has 0 saturated carbocycles. The van der Waals surface area contributed by atoms with Gasteiger partial charge in [0.1, 0.15) is 0 Å². The summed E-state index contributed by atoms with van der Waals surface area (Å²) in [4.78, 5) is 4.24. The molecule has 0 radical (unpaired) electrons. The van der Waals surface area contributed by atoms with E-state index in [1.54, 1.807) is 36.5 Å². The third kappa shape index (κ3) is 3.80. The van der Waals surface area contributed by atoms with E-state index in [4.69, 9.17) is 28.3 Å². The maximum absolute atomic E-state index is 11.1. The fraction of sp³-hybridized carbons (Fsp3) is 0. The van der Waals surface area contributed by atoms with Crippen LogP contribution in [-0.2, 0) is 10.0 Å². The third-order valence-electron chi connectivity index (χ3n) is 2.48. The Hall–Kier alpha value is -1.40. The highest BCUT2D eigenvalue weighted by atomic mass is 35.5. The lowest BCUT2D eigenvalue weighted by molar-refractivity contribution is 0.598. The summed E-state index contributed by atoms with van der Waals surface area (Å²) < 4.78 is 22.2. The molecule has 0 aliphatic carbocycles. The zero-order chi connectivity index (χ0) is 14.8. The highest BCUT2D eigenvalue weighted by Crippen LogP contribution is 2.21. The first-order valence-electron chi connectivity index (χ1n) is 5.48. The minimum absolute atomic E-state index is 0.0426. The lowest BCUT2D eigenvalue weighted by atomic mass is 10.2. The maximum Gasteiger partial charge on any atom is 0.238 e. The van der Waals surface area contributed by atoms with Crippen LogP contribution in [0.3, 0.4) is 0 Å². The van der Waals surface area contributed by atoms with Gasteiger partial charge in [0.15, 0.2) is 0 Å². The van der Waals surface area contributed by atoms with Gasteiger partial charge in [-0.1, -0.05) is 29.3 Å². The standard InChI is InChI=1S/C13H10Cl2N2O2S/c14-10-2-1-9(13(15)7-10)8-17-11-3-5-12(6-4-11)20(16,18)19/h1-8H,(H2,16,18,19)/b17-8+. The summed E-state index contributed by atoms with van der Waals surface area (Å²) >= 11 is 11.8. The number of sulfonamides is 1. The number of halogens is 2. The minimum Gasteiger partial charge on any atom is -0.256 e. The van der Waals surface area contributed by atoms with E-state index in [1.807, 2.05) is 0 Å². The summed E-state index contributed by atoms with van der Waals surface area (Å²) in [7, 11) is -3.69. The molecule has 2 aromatic rings. The van der Waals surface area contributed by atoms with Gasteiger partial charge < -0.3 is 0 Å². The molecule has 104 valence electrons. The molecule has 0 aliphatic rings. The predicted octanol–water partition coefficient (Wildman–Crippen LogP) is 3.39. The van der Waals surface area contributed by atoms with Crippen molar-refractivity contribution in [3.8, 4) is 0 Å². The van der Waals surface area contributed by atoms with Gasteiger partial charge in [0.05, 0.1) is 15.6 Å². The zero-order valence-corrected chi connectivity index (χ0v) is 12.5. The van der Waals surface area contributed by atoms with Gasteiger partial charge in [0, 0.05) is 16.8 Å². The van der Waals surface area contributed by atoms with Crippen LogP contribution in [0.1, 0.15) is 5.56 Å². The molecule has 0 fully saturated rings. The molecule has 0 amide bonds. The Balaban J connectivity index is 2.24. The number of benzene rings is 2. The minimum atomic E-state index is -3.69. The van der Waals surface area contributed by atoms with Crippen molar-refractivity contribution in [3.05, 3.63) is 58.1 Å². The number of hydrogen-bond donors (Lipinski definition) is 1. The summed E-state index contributed by atoms with van der Waals surface area (Å²) in [6.07, 6.45) is 1.57. The van der Waals surface area contributed by atoms with Crippen LogP contribution in [0.25, 0.3) is 0 Å². The summed E-state index contributed by atoms with van der Waals surface area (Å²) in [5, 5.41) is 6.04. The molecule has 0 atom stereocenters. The molecule has 2 rings (SSSR count). The molecule has 0 spiro atoms. The van der Waals surface area contributed by atoms with Gasteiger partial charge in [-0.3, -0.25) is 4.99 Å². The third-order valence-corrected chi connectivity index (χ3v) is 3.97. The van der Waals surface area contributed by atoms with E-state index in [9.17, 15) is 8.42 Å². The lowest BCUT2D eigenvalue weighted by Crippen LogP contribution is -2.11. The zero-order valence-electron chi connectivity index (χ0n) is 10.1. The van der Waals surface area contributed by atoms with Gasteiger partial charge >= 0.3 is 0 Å². The Morgan fingerprint density at radius 2 is 1.70 bits per heavy atom. The molecule has 0 aromatic heterocycles. The smallest absolute Gasteiger partial charge is 0.238 e. The molecule has 0 unspecified atom stereocenters. The van der Waals surface area contributed by atoms with E-state index in [0.29, 0.717) is 21.3 Å². The normalized spacial score (nSPS) is 11.9. The SMILES string of the molecule is NS(=O)(=O)c1ccc(/N=C/c2ccc(Cl)cc2Cl)cc1. The molecule has 20 heavy (non-hydrogen) atoms. The molecular weight excluding hydrogens is 319 g/mol. The number of rotatable bonds is 3. The molecule has 0 saturated heterocycles. The summed E-state index contributed by atoms with van der Waals surface area (Å²) in [6, 6.07) is 11.0. The quantitative estimate of drug-likeness (QED) is 0.877. The largest absolute Gasteiger partial charge is 0.256 e. The van der Waals surface area contributed by atoms with E-state index >= 15 is 0 Å². The molecular formula is C13H10Cl2N2O2S. The van der Waals surface area contributed by atoms with Crippen molar-refractivity contribution in [1.82, 2.24) is 0 Å². The average molecular weight is 329 g/mol. The molecule has 2 N–H and O–H groups in total. The van der Waals surface area contributed by atoms with Gasteiger partial charge in [-0.05, 0) is 36.4 Å². The van der Waals surface area contributed by atoms with E-state index in [1.165, 1.54) is 12.1 Å². The Morgan fingerprint density at radius 3 is 2.25 bits per heavy atom. The van der Waals surface area contributed by atoms with Crippen LogP contribution < -0.4 is 5.14 Å². The van der Waals surface area contributed by atoms with Gasteiger partial charge in [-0.25, -0.2) is 13.6 Å². The number of nitrogens with two attached hydrogens (primary N) is 1. The second-order valence-corrected chi connectivity index (χ2v) is 6.37. The van der Waals surface area contributed by atoms with Gasteiger partial charge in [-0.2, -0.15) is 0 Å². The van der Waals surface area contributed by atoms with Crippen molar-refractivity contribution < 1.29 is 8.42 Å². The highest BCUT2D eigenvalue weighted by molar-refractivity contribution is 7.89. The van der Waals surface area contributed by atoms with Gasteiger partial charge in [0.25, 0.3) is 0 Å². The second kappa shape index (κ2) is 5.93. The van der Waals surface area contributed by atoms with Crippen LogP contribution in [0.4, 0.5) is 5.69 Å². The first kappa shape index (κ1) is 15.0. The Kier molecular flexibility index (Phi) is 4.45. The van der Waals surface area contributed by atoms with Crippen molar-refractivity contribution in [1.29, 1.82) is 0 Å². The number of nitrogens with zero attached hydrogens (tertiary/aromatic N) is 1. The molecule has 0 bridgehead atoms. The molecule has 4 nitrogen and oxygen atoms in total. The number of aliphatic imine (C=N–C) groups is 1. The molecule has 0 aliphatic heterocycles. The molecule has 7 heteroatoms. The monoisotopic (exact) mass is 328 g/mol. The number of primary sulfonamides is 1. The van der Waals surface area contributed by atoms with Crippen LogP contribution in [0.15, 0.2) is 52.4 Å². The Bertz CT molecular complexity index is 756. The Labute approximate surface area is 126 Å². The van der Waals surface area contributed by atoms with Crippen molar-refractivity contribution in [3.63, 3.8) is 0 Å². The van der Waals surface area contributed by atoms with Crippen molar-refractivity contribution in [2.24, 2.45) is 10.1 Å². The van der Waals surface area contributed by atoms with Crippen LogP contribution in [0, 0.1) is 0 Å². The van der Waals surface area contributed by atoms with E-state index < -0.39 is 10.0 Å². The summed E-state index contributed by atoms with van der Waals surface area (Å²) in [5.41, 5.74) is 1.30. The first-order valence-corrected chi connectivity index (χ1v) is 7.78. The highest BCUT2D eigenvalue weighted by Gasteiger charge is 2.06. The first-order chi connectivity index (χ1) is 9.36. The van der Waals surface area contributed by atoms with Gasteiger partial charge in [-0.15, -0.1) is 0 Å². The topological polar surface area (TPSA) is 72.5 Å².